The fourth-order valence-electron chi connectivity index (χ4n) is 5.57. The van der Waals surface area contributed by atoms with E-state index in [-0.39, 0.29) is 0 Å². The van der Waals surface area contributed by atoms with E-state index in [9.17, 15) is 0 Å². The van der Waals surface area contributed by atoms with Crippen LogP contribution in [0, 0.1) is 0 Å². The minimum absolute atomic E-state index is 0.838. The first-order valence-corrected chi connectivity index (χ1v) is 13.8. The van der Waals surface area contributed by atoms with Crippen LogP contribution in [-0.2, 0) is 4.57 Å². The van der Waals surface area contributed by atoms with Gasteiger partial charge < -0.3 is 4.57 Å². The van der Waals surface area contributed by atoms with E-state index in [0.717, 1.165) is 53.7 Å². The van der Waals surface area contributed by atoms with Crippen molar-refractivity contribution in [3.63, 3.8) is 0 Å². The molecular weight excluding hydrogens is 457 g/mol. The monoisotopic (exact) mass is 479 g/mol. The SMILES string of the molecule is O=P(c1ccccc1)(c1ccccc1)c1cccc2c3cnc4ccccc4c3c3ccccc3c12. The molecular formula is C33H22NOP. The predicted molar refractivity (Wildman–Crippen MR) is 154 cm³/mol. The highest BCUT2D eigenvalue weighted by Crippen LogP contribution is 2.47. The van der Waals surface area contributed by atoms with Crippen LogP contribution in [-0.4, -0.2) is 4.98 Å². The molecule has 7 aromatic rings. The summed E-state index contributed by atoms with van der Waals surface area (Å²) < 4.78 is 15.4. The van der Waals surface area contributed by atoms with E-state index in [1.54, 1.807) is 0 Å². The third kappa shape index (κ3) is 2.98. The van der Waals surface area contributed by atoms with Crippen molar-refractivity contribution in [1.29, 1.82) is 0 Å². The van der Waals surface area contributed by atoms with Gasteiger partial charge in [0.25, 0.3) is 0 Å². The van der Waals surface area contributed by atoms with Gasteiger partial charge in [-0.3, -0.25) is 4.98 Å². The zero-order valence-corrected chi connectivity index (χ0v) is 20.4. The molecule has 0 amide bonds. The van der Waals surface area contributed by atoms with Crippen LogP contribution in [0.3, 0.4) is 0 Å². The molecule has 0 aliphatic carbocycles. The van der Waals surface area contributed by atoms with E-state index >= 15 is 4.57 Å². The highest BCUT2D eigenvalue weighted by molar-refractivity contribution is 7.85. The molecule has 0 bridgehead atoms. The molecule has 0 saturated carbocycles. The van der Waals surface area contributed by atoms with Crippen molar-refractivity contribution < 1.29 is 4.57 Å². The third-order valence-corrected chi connectivity index (χ3v) is 10.3. The zero-order chi connectivity index (χ0) is 24.1. The molecule has 1 heterocycles. The standard InChI is InChI=1S/C33H22NOP/c35-36(23-12-3-1-4-13-23,24-14-5-2-6-15-24)31-21-11-19-27-29-22-34-30-20-10-9-18-28(30)32(29)25-16-7-8-17-26(25)33(27)31/h1-22H. The van der Waals surface area contributed by atoms with Gasteiger partial charge in [-0.2, -0.15) is 0 Å². The second-order valence-corrected chi connectivity index (χ2v) is 11.8. The Labute approximate surface area is 209 Å². The summed E-state index contributed by atoms with van der Waals surface area (Å²) in [5.74, 6) is 0. The lowest BCUT2D eigenvalue weighted by Gasteiger charge is -2.23. The maximum absolute atomic E-state index is 15.4. The summed E-state index contributed by atoms with van der Waals surface area (Å²) in [7, 11) is -3.17. The molecule has 0 spiro atoms. The number of hydrogen-bond acceptors (Lipinski definition) is 2. The smallest absolute Gasteiger partial charge is 0.171 e. The molecule has 36 heavy (non-hydrogen) atoms. The lowest BCUT2D eigenvalue weighted by atomic mass is 9.93. The Bertz CT molecular complexity index is 1890. The molecule has 0 aliphatic rings. The maximum Gasteiger partial charge on any atom is 0.171 e. The minimum atomic E-state index is -3.17. The molecule has 6 aromatic carbocycles. The number of benzene rings is 6. The first kappa shape index (κ1) is 21.1. The van der Waals surface area contributed by atoms with Crippen LogP contribution < -0.4 is 15.9 Å². The summed E-state index contributed by atoms with van der Waals surface area (Å²) in [5.41, 5.74) is 0.977. The normalized spacial score (nSPS) is 12.0. The predicted octanol–water partition coefficient (Wildman–Crippen LogP) is 7.33. The van der Waals surface area contributed by atoms with Crippen molar-refractivity contribution in [1.82, 2.24) is 4.98 Å². The highest BCUT2D eigenvalue weighted by Gasteiger charge is 2.32. The van der Waals surface area contributed by atoms with Gasteiger partial charge in [-0.05, 0) is 22.2 Å². The van der Waals surface area contributed by atoms with E-state index in [0.29, 0.717) is 0 Å². The topological polar surface area (TPSA) is 30.0 Å². The zero-order valence-electron chi connectivity index (χ0n) is 19.5. The Hall–Kier alpha value is -4.26. The van der Waals surface area contributed by atoms with E-state index < -0.39 is 7.14 Å². The molecule has 7 rings (SSSR count). The minimum Gasteiger partial charge on any atom is -0.309 e. The number of para-hydroxylation sites is 1. The van der Waals surface area contributed by atoms with Crippen molar-refractivity contribution in [3.05, 3.63) is 134 Å². The van der Waals surface area contributed by atoms with Gasteiger partial charge in [-0.15, -0.1) is 0 Å². The van der Waals surface area contributed by atoms with E-state index in [1.807, 2.05) is 79.0 Å². The summed E-state index contributed by atoms with van der Waals surface area (Å²) >= 11 is 0. The van der Waals surface area contributed by atoms with Crippen molar-refractivity contribution in [2.24, 2.45) is 0 Å². The lowest BCUT2D eigenvalue weighted by Crippen LogP contribution is -2.25. The van der Waals surface area contributed by atoms with Gasteiger partial charge in [0.15, 0.2) is 7.14 Å². The summed E-state index contributed by atoms with van der Waals surface area (Å²) in [4.78, 5) is 4.81. The van der Waals surface area contributed by atoms with Gasteiger partial charge in [-0.1, -0.05) is 121 Å². The first-order chi connectivity index (χ1) is 17.8. The Morgan fingerprint density at radius 3 is 1.61 bits per heavy atom. The number of aromatic nitrogens is 1. The molecule has 0 fully saturated rings. The number of fused-ring (bicyclic) bond motifs is 8. The molecule has 0 unspecified atom stereocenters. The molecule has 3 heteroatoms. The molecule has 0 N–H and O–H groups in total. The van der Waals surface area contributed by atoms with Crippen LogP contribution in [0.25, 0.3) is 43.2 Å². The van der Waals surface area contributed by atoms with Gasteiger partial charge in [0.2, 0.25) is 0 Å². The second kappa shape index (κ2) is 8.16. The van der Waals surface area contributed by atoms with E-state index in [4.69, 9.17) is 4.98 Å². The number of hydrogen-bond donors (Lipinski definition) is 0. The Morgan fingerprint density at radius 1 is 0.444 bits per heavy atom. The van der Waals surface area contributed by atoms with Gasteiger partial charge in [0.1, 0.15) is 0 Å². The van der Waals surface area contributed by atoms with Crippen molar-refractivity contribution in [2.75, 3.05) is 0 Å². The fourth-order valence-corrected chi connectivity index (χ4v) is 8.46. The largest absolute Gasteiger partial charge is 0.309 e. The van der Waals surface area contributed by atoms with Crippen LogP contribution in [0.1, 0.15) is 0 Å². The molecule has 0 saturated heterocycles. The summed E-state index contributed by atoms with van der Waals surface area (Å²) in [6.45, 7) is 0. The quantitative estimate of drug-likeness (QED) is 0.196. The van der Waals surface area contributed by atoms with Gasteiger partial charge in [0, 0.05) is 43.7 Å². The first-order valence-electron chi connectivity index (χ1n) is 12.1. The maximum atomic E-state index is 15.4. The second-order valence-electron chi connectivity index (χ2n) is 9.09. The molecule has 0 atom stereocenters. The fraction of sp³-hybridized carbons (Fsp3) is 0. The Balaban J connectivity index is 1.72. The Kier molecular flexibility index (Phi) is 4.77. The van der Waals surface area contributed by atoms with Crippen LogP contribution in [0.4, 0.5) is 0 Å². The summed E-state index contributed by atoms with van der Waals surface area (Å²) in [5, 5.41) is 10.3. The van der Waals surface area contributed by atoms with Crippen molar-refractivity contribution in [3.8, 4) is 0 Å². The van der Waals surface area contributed by atoms with Gasteiger partial charge in [0.05, 0.1) is 5.52 Å². The number of pyridine rings is 1. The molecule has 0 radical (unpaired) electrons. The molecule has 2 nitrogen and oxygen atoms in total. The van der Waals surface area contributed by atoms with Crippen LogP contribution in [0.5, 0.6) is 0 Å². The molecule has 170 valence electrons. The average molecular weight is 480 g/mol. The number of rotatable bonds is 3. The molecule has 0 aliphatic heterocycles. The molecule has 1 aromatic heterocycles. The van der Waals surface area contributed by atoms with Gasteiger partial charge >= 0.3 is 0 Å². The van der Waals surface area contributed by atoms with E-state index in [1.165, 1.54) is 5.39 Å². The number of nitrogens with zero attached hydrogens (tertiary/aromatic N) is 1. The van der Waals surface area contributed by atoms with Crippen LogP contribution in [0.2, 0.25) is 0 Å². The Morgan fingerprint density at radius 2 is 0.944 bits per heavy atom. The highest BCUT2D eigenvalue weighted by atomic mass is 31.2. The van der Waals surface area contributed by atoms with Crippen molar-refractivity contribution in [2.45, 2.75) is 0 Å². The summed E-state index contributed by atoms with van der Waals surface area (Å²) in [6, 6.07) is 42.8. The van der Waals surface area contributed by atoms with Gasteiger partial charge in [-0.25, -0.2) is 0 Å². The lowest BCUT2D eigenvalue weighted by molar-refractivity contribution is 0.592. The summed E-state index contributed by atoms with van der Waals surface area (Å²) in [6.07, 6.45) is 1.98. The third-order valence-electron chi connectivity index (χ3n) is 7.15. The van der Waals surface area contributed by atoms with Crippen LogP contribution >= 0.6 is 7.14 Å². The van der Waals surface area contributed by atoms with Crippen molar-refractivity contribution >= 4 is 66.3 Å². The van der Waals surface area contributed by atoms with Crippen LogP contribution in [0.15, 0.2) is 134 Å². The van der Waals surface area contributed by atoms with E-state index in [2.05, 4.69) is 54.6 Å². The average Bonchev–Trinajstić information content (AvgIpc) is 2.97.